The van der Waals surface area contributed by atoms with Crippen LogP contribution in [0.4, 0.5) is 5.82 Å². The maximum atomic E-state index is 12.6. The van der Waals surface area contributed by atoms with Crippen LogP contribution in [0.3, 0.4) is 0 Å². The molecule has 3 heterocycles. The van der Waals surface area contributed by atoms with Crippen molar-refractivity contribution in [2.75, 3.05) is 25.0 Å². The van der Waals surface area contributed by atoms with Crippen LogP contribution in [0.15, 0.2) is 18.6 Å². The van der Waals surface area contributed by atoms with E-state index in [-0.39, 0.29) is 18.0 Å². The SMILES string of the molecule is CN(c1ncnc2[nH]ccc12)C1CC(NS(=O)(=O)N2CC3C[C@]3(C#N)C2)C1. The van der Waals surface area contributed by atoms with Crippen molar-refractivity contribution in [1.29, 1.82) is 5.26 Å². The number of hydrogen-bond acceptors (Lipinski definition) is 6. The van der Waals surface area contributed by atoms with E-state index in [0.29, 0.717) is 13.1 Å². The Labute approximate surface area is 157 Å². The number of H-pyrrole nitrogens is 1. The van der Waals surface area contributed by atoms with Crippen LogP contribution in [0.25, 0.3) is 11.0 Å². The molecule has 2 saturated carbocycles. The average Bonchev–Trinajstić information content (AvgIpc) is 2.98. The Morgan fingerprint density at radius 1 is 1.44 bits per heavy atom. The zero-order valence-electron chi connectivity index (χ0n) is 15.0. The van der Waals surface area contributed by atoms with E-state index in [4.69, 9.17) is 0 Å². The highest BCUT2D eigenvalue weighted by atomic mass is 32.2. The third-order valence-electron chi connectivity index (χ3n) is 6.32. The molecule has 142 valence electrons. The Bertz CT molecular complexity index is 1040. The summed E-state index contributed by atoms with van der Waals surface area (Å²) < 4.78 is 29.5. The van der Waals surface area contributed by atoms with Gasteiger partial charge in [-0.05, 0) is 31.2 Å². The highest BCUT2D eigenvalue weighted by Gasteiger charge is 2.63. The van der Waals surface area contributed by atoms with Gasteiger partial charge in [-0.25, -0.2) is 9.97 Å². The van der Waals surface area contributed by atoms with Gasteiger partial charge in [0.2, 0.25) is 0 Å². The lowest BCUT2D eigenvalue weighted by Gasteiger charge is -2.42. The normalized spacial score (nSPS) is 32.7. The fourth-order valence-electron chi connectivity index (χ4n) is 4.39. The molecule has 1 unspecified atom stereocenters. The van der Waals surface area contributed by atoms with E-state index in [2.05, 4.69) is 30.6 Å². The standard InChI is InChI=1S/C17H21N7O2S/c1-23(16-14-2-3-19-15(14)20-10-21-16)13-4-12(5-13)22-27(25,26)24-7-11-6-17(11,8-18)9-24/h2-3,10-13,22H,4-7,9H2,1H3,(H,19,20,21)/t11?,12?,13?,17-/m0/s1. The predicted octanol–water partition coefficient (Wildman–Crippen LogP) is 0.605. The largest absolute Gasteiger partial charge is 0.356 e. The van der Waals surface area contributed by atoms with E-state index in [1.807, 2.05) is 19.3 Å². The summed E-state index contributed by atoms with van der Waals surface area (Å²) in [7, 11) is -1.55. The van der Waals surface area contributed by atoms with Gasteiger partial charge in [-0.15, -0.1) is 0 Å². The molecule has 1 aliphatic heterocycles. The molecule has 0 aromatic carbocycles. The maximum absolute atomic E-state index is 12.6. The highest BCUT2D eigenvalue weighted by Crippen LogP contribution is 2.57. The molecule has 27 heavy (non-hydrogen) atoms. The number of piperidine rings is 1. The molecule has 2 atom stereocenters. The zero-order valence-corrected chi connectivity index (χ0v) is 15.8. The molecule has 9 nitrogen and oxygen atoms in total. The van der Waals surface area contributed by atoms with E-state index in [0.717, 1.165) is 36.1 Å². The summed E-state index contributed by atoms with van der Waals surface area (Å²) in [6.07, 6.45) is 5.66. The molecule has 2 aliphatic carbocycles. The number of nitriles is 1. The second-order valence-electron chi connectivity index (χ2n) is 7.95. The van der Waals surface area contributed by atoms with E-state index in [1.165, 1.54) is 10.6 Å². The Hall–Kier alpha value is -2.22. The molecule has 3 aliphatic rings. The monoisotopic (exact) mass is 387 g/mol. The Morgan fingerprint density at radius 2 is 2.26 bits per heavy atom. The van der Waals surface area contributed by atoms with Crippen LogP contribution in [0.2, 0.25) is 0 Å². The highest BCUT2D eigenvalue weighted by molar-refractivity contribution is 7.87. The van der Waals surface area contributed by atoms with Crippen molar-refractivity contribution in [1.82, 2.24) is 24.0 Å². The quantitative estimate of drug-likeness (QED) is 0.776. The lowest BCUT2D eigenvalue weighted by atomic mass is 9.86. The molecule has 10 heteroatoms. The molecule has 3 fully saturated rings. The maximum Gasteiger partial charge on any atom is 0.279 e. The van der Waals surface area contributed by atoms with Gasteiger partial charge in [-0.2, -0.15) is 22.7 Å². The van der Waals surface area contributed by atoms with Gasteiger partial charge in [-0.1, -0.05) is 0 Å². The van der Waals surface area contributed by atoms with E-state index >= 15 is 0 Å². The Morgan fingerprint density at radius 3 is 3.00 bits per heavy atom. The topological polar surface area (TPSA) is 118 Å². The minimum atomic E-state index is -3.53. The number of rotatable bonds is 5. The molecule has 0 bridgehead atoms. The number of aromatic amines is 1. The average molecular weight is 387 g/mol. The number of anilines is 1. The fourth-order valence-corrected chi connectivity index (χ4v) is 5.93. The minimum Gasteiger partial charge on any atom is -0.356 e. The van der Waals surface area contributed by atoms with Crippen molar-refractivity contribution in [2.45, 2.75) is 31.3 Å². The van der Waals surface area contributed by atoms with Crippen LogP contribution in [0.1, 0.15) is 19.3 Å². The Balaban J connectivity index is 1.21. The number of fused-ring (bicyclic) bond motifs is 2. The number of aromatic nitrogens is 3. The van der Waals surface area contributed by atoms with Gasteiger partial charge in [-0.3, -0.25) is 0 Å². The van der Waals surface area contributed by atoms with Crippen LogP contribution in [-0.2, 0) is 10.2 Å². The third-order valence-corrected chi connectivity index (χ3v) is 7.91. The zero-order chi connectivity index (χ0) is 18.8. The third kappa shape index (κ3) is 2.61. The van der Waals surface area contributed by atoms with Crippen molar-refractivity contribution in [2.24, 2.45) is 11.3 Å². The molecular weight excluding hydrogens is 366 g/mol. The number of nitrogens with zero attached hydrogens (tertiary/aromatic N) is 5. The minimum absolute atomic E-state index is 0.0824. The van der Waals surface area contributed by atoms with E-state index in [1.54, 1.807) is 0 Å². The molecule has 0 spiro atoms. The van der Waals surface area contributed by atoms with Crippen LogP contribution < -0.4 is 9.62 Å². The van der Waals surface area contributed by atoms with Gasteiger partial charge in [0.25, 0.3) is 10.2 Å². The van der Waals surface area contributed by atoms with Crippen LogP contribution >= 0.6 is 0 Å². The summed E-state index contributed by atoms with van der Waals surface area (Å²) in [6, 6.07) is 4.39. The molecule has 1 saturated heterocycles. The van der Waals surface area contributed by atoms with Gasteiger partial charge >= 0.3 is 0 Å². The molecule has 2 aromatic rings. The lowest BCUT2D eigenvalue weighted by molar-refractivity contribution is 0.306. The molecule has 5 rings (SSSR count). The van der Waals surface area contributed by atoms with Crippen molar-refractivity contribution >= 4 is 27.1 Å². The molecule has 0 radical (unpaired) electrons. The summed E-state index contributed by atoms with van der Waals surface area (Å²) in [4.78, 5) is 13.8. The smallest absolute Gasteiger partial charge is 0.279 e. The van der Waals surface area contributed by atoms with Gasteiger partial charge < -0.3 is 9.88 Å². The molecule has 2 aromatic heterocycles. The lowest BCUT2D eigenvalue weighted by Crippen LogP contribution is -2.55. The van der Waals surface area contributed by atoms with Crippen molar-refractivity contribution in [3.63, 3.8) is 0 Å². The second-order valence-corrected chi connectivity index (χ2v) is 9.66. The van der Waals surface area contributed by atoms with Crippen LogP contribution in [0.5, 0.6) is 0 Å². The summed E-state index contributed by atoms with van der Waals surface area (Å²) in [6.45, 7) is 0.789. The molecule has 2 N–H and O–H groups in total. The first-order chi connectivity index (χ1) is 12.9. The summed E-state index contributed by atoms with van der Waals surface area (Å²) in [5, 5.41) is 10.2. The van der Waals surface area contributed by atoms with Crippen molar-refractivity contribution in [3.05, 3.63) is 18.6 Å². The van der Waals surface area contributed by atoms with Gasteiger partial charge in [0.15, 0.2) is 0 Å². The molecular formula is C17H21N7O2S. The van der Waals surface area contributed by atoms with Gasteiger partial charge in [0.05, 0.1) is 16.9 Å². The van der Waals surface area contributed by atoms with E-state index in [9.17, 15) is 13.7 Å². The fraction of sp³-hybridized carbons (Fsp3) is 0.588. The van der Waals surface area contributed by atoms with Crippen LogP contribution in [0, 0.1) is 22.7 Å². The first kappa shape index (κ1) is 16.9. The van der Waals surface area contributed by atoms with Crippen LogP contribution in [-0.4, -0.2) is 59.9 Å². The van der Waals surface area contributed by atoms with Gasteiger partial charge in [0, 0.05) is 38.4 Å². The predicted molar refractivity (Wildman–Crippen MR) is 98.9 cm³/mol. The van der Waals surface area contributed by atoms with Gasteiger partial charge in [0.1, 0.15) is 17.8 Å². The first-order valence-corrected chi connectivity index (χ1v) is 10.6. The van der Waals surface area contributed by atoms with Crippen molar-refractivity contribution in [3.8, 4) is 6.07 Å². The van der Waals surface area contributed by atoms with Crippen molar-refractivity contribution < 1.29 is 8.42 Å². The first-order valence-electron chi connectivity index (χ1n) is 9.11. The summed E-state index contributed by atoms with van der Waals surface area (Å²) in [5.41, 5.74) is 0.369. The summed E-state index contributed by atoms with van der Waals surface area (Å²) in [5.74, 6) is 1.06. The summed E-state index contributed by atoms with van der Waals surface area (Å²) >= 11 is 0. The Kier molecular flexibility index (Phi) is 3.53. The number of hydrogen-bond donors (Lipinski definition) is 2. The second kappa shape index (κ2) is 5.64. The van der Waals surface area contributed by atoms with E-state index < -0.39 is 15.6 Å². The molecule has 0 amide bonds. The number of nitrogens with one attached hydrogen (secondary N) is 2.